The predicted octanol–water partition coefficient (Wildman–Crippen LogP) is 6.54. The van der Waals surface area contributed by atoms with Gasteiger partial charge in [-0.2, -0.15) is 4.98 Å². The minimum Gasteiger partial charge on any atom is -0.496 e. The molecule has 0 atom stereocenters. The molecule has 0 aliphatic carbocycles. The topological polar surface area (TPSA) is 65.2 Å². The Labute approximate surface area is 186 Å². The molecule has 2 heterocycles. The van der Waals surface area contributed by atoms with Gasteiger partial charge in [-0.15, -0.1) is 0 Å². The molecule has 0 amide bonds. The van der Waals surface area contributed by atoms with Crippen molar-refractivity contribution in [3.8, 4) is 16.9 Å². The quantitative estimate of drug-likeness (QED) is 0.221. The fourth-order valence-electron chi connectivity index (χ4n) is 3.53. The van der Waals surface area contributed by atoms with Gasteiger partial charge in [0.2, 0.25) is 5.78 Å². The Bertz CT molecular complexity index is 1190. The molecule has 6 heteroatoms. The molecular weight excluding hydrogens is 412 g/mol. The summed E-state index contributed by atoms with van der Waals surface area (Å²) < 4.78 is 11.1. The molecule has 31 heavy (non-hydrogen) atoms. The number of rotatable bonds is 9. The maximum atomic E-state index is 12.5. The molecule has 0 spiro atoms. The second kappa shape index (κ2) is 9.75. The van der Waals surface area contributed by atoms with Crippen LogP contribution in [0.25, 0.3) is 22.4 Å². The Morgan fingerprint density at radius 3 is 2.71 bits per heavy atom. The summed E-state index contributed by atoms with van der Waals surface area (Å²) in [5, 5.41) is 0.589. The first-order chi connectivity index (χ1) is 15.1. The monoisotopic (exact) mass is 434 g/mol. The molecule has 4 aromatic rings. The Morgan fingerprint density at radius 2 is 1.90 bits per heavy atom. The zero-order valence-corrected chi connectivity index (χ0v) is 18.1. The zero-order chi connectivity index (χ0) is 21.6. The third-order valence-electron chi connectivity index (χ3n) is 5.17. The van der Waals surface area contributed by atoms with Crippen LogP contribution < -0.4 is 4.74 Å². The summed E-state index contributed by atoms with van der Waals surface area (Å²) in [6, 6.07) is 17.6. The van der Waals surface area contributed by atoms with Crippen LogP contribution in [0.2, 0.25) is 5.02 Å². The van der Waals surface area contributed by atoms with E-state index in [0.717, 1.165) is 36.8 Å². The zero-order valence-electron chi connectivity index (χ0n) is 17.3. The number of carbonyl (C=O) groups excluding carboxylic acids is 1. The molecule has 0 saturated carbocycles. The van der Waals surface area contributed by atoms with Crippen molar-refractivity contribution in [2.45, 2.75) is 32.1 Å². The maximum absolute atomic E-state index is 12.5. The highest BCUT2D eigenvalue weighted by Gasteiger charge is 2.16. The van der Waals surface area contributed by atoms with E-state index in [9.17, 15) is 4.79 Å². The average Bonchev–Trinajstić information content (AvgIpc) is 3.23. The van der Waals surface area contributed by atoms with Gasteiger partial charge in [0.15, 0.2) is 11.2 Å². The summed E-state index contributed by atoms with van der Waals surface area (Å²) in [5.74, 6) is 0.661. The normalized spacial score (nSPS) is 11.0. The lowest BCUT2D eigenvalue weighted by molar-refractivity contribution is 0.0947. The molecule has 0 aliphatic heterocycles. The Balaban J connectivity index is 1.39. The number of fused-ring (bicyclic) bond motifs is 1. The van der Waals surface area contributed by atoms with Crippen LogP contribution in [0, 0.1) is 0 Å². The largest absolute Gasteiger partial charge is 0.496 e. The van der Waals surface area contributed by atoms with E-state index in [2.05, 4.69) is 34.2 Å². The molecule has 158 valence electrons. The van der Waals surface area contributed by atoms with Crippen LogP contribution in [0.5, 0.6) is 5.75 Å². The number of aryl methyl sites for hydroxylation is 1. The molecular formula is C25H23ClN2O3. The molecule has 0 saturated heterocycles. The van der Waals surface area contributed by atoms with Crippen molar-refractivity contribution < 1.29 is 13.9 Å². The number of hydrogen-bond donors (Lipinski definition) is 0. The van der Waals surface area contributed by atoms with Crippen molar-refractivity contribution in [2.75, 3.05) is 7.11 Å². The highest BCUT2D eigenvalue weighted by atomic mass is 35.5. The second-order valence-electron chi connectivity index (χ2n) is 7.38. The number of ether oxygens (including phenoxy) is 1. The second-order valence-corrected chi connectivity index (χ2v) is 7.82. The van der Waals surface area contributed by atoms with Gasteiger partial charge < -0.3 is 9.15 Å². The molecule has 0 aliphatic rings. The molecule has 0 unspecified atom stereocenters. The van der Waals surface area contributed by atoms with Gasteiger partial charge in [0.05, 0.1) is 7.11 Å². The number of oxazole rings is 1. The van der Waals surface area contributed by atoms with Crippen molar-refractivity contribution in [3.05, 3.63) is 77.3 Å². The van der Waals surface area contributed by atoms with E-state index in [1.807, 2.05) is 18.2 Å². The van der Waals surface area contributed by atoms with Crippen LogP contribution in [0.4, 0.5) is 0 Å². The van der Waals surface area contributed by atoms with E-state index in [1.165, 1.54) is 5.56 Å². The van der Waals surface area contributed by atoms with Gasteiger partial charge in [0, 0.05) is 28.8 Å². The molecule has 2 aromatic carbocycles. The molecule has 0 radical (unpaired) electrons. The van der Waals surface area contributed by atoms with Crippen molar-refractivity contribution in [1.29, 1.82) is 0 Å². The molecule has 4 rings (SSSR count). The van der Waals surface area contributed by atoms with Crippen LogP contribution in [-0.4, -0.2) is 22.9 Å². The minimum absolute atomic E-state index is 0.0941. The fraction of sp³-hybridized carbons (Fsp3) is 0.240. The number of aromatic nitrogens is 2. The lowest BCUT2D eigenvalue weighted by atomic mass is 10.1. The first-order valence-electron chi connectivity index (χ1n) is 10.3. The number of methoxy groups -OCH3 is 1. The van der Waals surface area contributed by atoms with Crippen LogP contribution in [0.15, 0.2) is 65.2 Å². The highest BCUT2D eigenvalue weighted by Crippen LogP contribution is 2.33. The van der Waals surface area contributed by atoms with E-state index >= 15 is 0 Å². The summed E-state index contributed by atoms with van der Waals surface area (Å²) in [6.07, 6.45) is 5.98. The molecule has 2 aromatic heterocycles. The lowest BCUT2D eigenvalue weighted by Gasteiger charge is -2.08. The summed E-state index contributed by atoms with van der Waals surface area (Å²) in [5.41, 5.74) is 3.86. The van der Waals surface area contributed by atoms with E-state index < -0.39 is 0 Å². The van der Waals surface area contributed by atoms with Gasteiger partial charge >= 0.3 is 0 Å². The standard InChI is InChI=1S/C25H23ClN2O3/c1-30-22-15-19(26)12-13-20(22)18-14-23-24(27-16-18)28-25(31-23)21(29)11-7-3-6-10-17-8-4-2-5-9-17/h2,4-5,8-9,12-16H,3,6-7,10-11H2,1H3. The smallest absolute Gasteiger partial charge is 0.265 e. The Morgan fingerprint density at radius 1 is 1.06 bits per heavy atom. The van der Waals surface area contributed by atoms with E-state index in [4.69, 9.17) is 20.8 Å². The van der Waals surface area contributed by atoms with Gasteiger partial charge in [-0.05, 0) is 49.1 Å². The molecule has 0 N–H and O–H groups in total. The van der Waals surface area contributed by atoms with Gasteiger partial charge in [0.1, 0.15) is 5.75 Å². The Kier molecular flexibility index (Phi) is 6.63. The van der Waals surface area contributed by atoms with Crippen LogP contribution in [0.1, 0.15) is 41.9 Å². The third kappa shape index (κ3) is 5.12. The van der Waals surface area contributed by atoms with Crippen LogP contribution >= 0.6 is 11.6 Å². The van der Waals surface area contributed by atoms with E-state index in [0.29, 0.717) is 28.4 Å². The number of hydrogen-bond acceptors (Lipinski definition) is 5. The molecule has 0 fully saturated rings. The van der Waals surface area contributed by atoms with Gasteiger partial charge in [-0.3, -0.25) is 4.79 Å². The fourth-order valence-corrected chi connectivity index (χ4v) is 3.69. The number of benzene rings is 2. The number of Topliss-reactive ketones (excluding diaryl/α,β-unsaturated/α-hetero) is 1. The number of unbranched alkanes of at least 4 members (excludes halogenated alkanes) is 2. The number of nitrogens with zero attached hydrogens (tertiary/aromatic N) is 2. The third-order valence-corrected chi connectivity index (χ3v) is 5.41. The average molecular weight is 435 g/mol. The molecule has 0 bridgehead atoms. The summed E-state index contributed by atoms with van der Waals surface area (Å²) in [6.45, 7) is 0. The maximum Gasteiger partial charge on any atom is 0.265 e. The SMILES string of the molecule is COc1cc(Cl)ccc1-c1cnc2nc(C(=O)CCCCCc3ccccc3)oc2c1. The summed E-state index contributed by atoms with van der Waals surface area (Å²) in [7, 11) is 1.59. The summed E-state index contributed by atoms with van der Waals surface area (Å²) in [4.78, 5) is 21.1. The lowest BCUT2D eigenvalue weighted by Crippen LogP contribution is -1.99. The Hall–Kier alpha value is -3.18. The number of ketones is 1. The van der Waals surface area contributed by atoms with Crippen molar-refractivity contribution in [2.24, 2.45) is 0 Å². The highest BCUT2D eigenvalue weighted by molar-refractivity contribution is 6.30. The first-order valence-corrected chi connectivity index (χ1v) is 10.7. The van der Waals surface area contributed by atoms with E-state index in [1.54, 1.807) is 25.4 Å². The van der Waals surface area contributed by atoms with Crippen molar-refractivity contribution >= 4 is 28.6 Å². The number of carbonyl (C=O) groups is 1. The van der Waals surface area contributed by atoms with Gasteiger partial charge in [0.25, 0.3) is 5.89 Å². The van der Waals surface area contributed by atoms with Gasteiger partial charge in [-0.25, -0.2) is 4.98 Å². The van der Waals surface area contributed by atoms with Crippen molar-refractivity contribution in [3.63, 3.8) is 0 Å². The summed E-state index contributed by atoms with van der Waals surface area (Å²) >= 11 is 6.05. The van der Waals surface area contributed by atoms with Gasteiger partial charge in [-0.1, -0.05) is 48.4 Å². The van der Waals surface area contributed by atoms with Crippen molar-refractivity contribution in [1.82, 2.24) is 9.97 Å². The molecule has 5 nitrogen and oxygen atoms in total. The first kappa shape index (κ1) is 21.1. The number of pyridine rings is 1. The predicted molar refractivity (Wildman–Crippen MR) is 122 cm³/mol. The minimum atomic E-state index is -0.0941. The number of halogens is 1. The van der Waals surface area contributed by atoms with Crippen LogP contribution in [-0.2, 0) is 6.42 Å². The van der Waals surface area contributed by atoms with E-state index in [-0.39, 0.29) is 11.7 Å². The van der Waals surface area contributed by atoms with Crippen LogP contribution in [0.3, 0.4) is 0 Å².